The van der Waals surface area contributed by atoms with Crippen LogP contribution in [0.2, 0.25) is 0 Å². The summed E-state index contributed by atoms with van der Waals surface area (Å²) in [5, 5.41) is 0. The molecule has 0 spiro atoms. The molecule has 0 saturated carbocycles. The monoisotopic (exact) mass is 223 g/mol. The van der Waals surface area contributed by atoms with Crippen LogP contribution >= 0.6 is 0 Å². The smallest absolute Gasteiger partial charge is 0.0739 e. The van der Waals surface area contributed by atoms with Gasteiger partial charge in [0.25, 0.3) is 0 Å². The number of morpholine rings is 1. The zero-order valence-corrected chi connectivity index (χ0v) is 10.9. The Morgan fingerprint density at radius 2 is 2.25 bits per heavy atom. The molecule has 0 amide bonds. The summed E-state index contributed by atoms with van der Waals surface area (Å²) in [4.78, 5) is 2.35. The minimum Gasteiger partial charge on any atom is -0.375 e. The van der Waals surface area contributed by atoms with Crippen LogP contribution in [-0.4, -0.2) is 37.7 Å². The molecule has 0 bridgehead atoms. The summed E-state index contributed by atoms with van der Waals surface area (Å²) in [5.74, 6) is 0. The Morgan fingerprint density at radius 3 is 2.88 bits per heavy atom. The molecule has 1 atom stereocenters. The number of allylic oxidation sites excluding steroid dienone is 3. The standard InChI is InChI=1S/C12H19NO.C2H6/c1-13-7-8-14-12(10-13)9-11-5-3-2-4-6-11;1-2/h2-3,5,12H,4,6-10H2,1H3;1-2H3. The van der Waals surface area contributed by atoms with E-state index in [1.807, 2.05) is 13.8 Å². The summed E-state index contributed by atoms with van der Waals surface area (Å²) in [6, 6.07) is 0. The van der Waals surface area contributed by atoms with E-state index in [0.717, 1.165) is 26.1 Å². The highest BCUT2D eigenvalue weighted by Gasteiger charge is 2.18. The second-order valence-corrected chi connectivity index (χ2v) is 4.25. The van der Waals surface area contributed by atoms with Crippen LogP contribution < -0.4 is 0 Å². The lowest BCUT2D eigenvalue weighted by Crippen LogP contribution is -2.40. The topological polar surface area (TPSA) is 12.5 Å². The lowest BCUT2D eigenvalue weighted by atomic mass is 9.98. The van der Waals surface area contributed by atoms with Gasteiger partial charge in [-0.2, -0.15) is 0 Å². The Labute approximate surface area is 100.0 Å². The number of hydrogen-bond acceptors (Lipinski definition) is 2. The van der Waals surface area contributed by atoms with Crippen molar-refractivity contribution in [2.45, 2.75) is 39.2 Å². The van der Waals surface area contributed by atoms with Crippen LogP contribution in [-0.2, 0) is 4.74 Å². The highest BCUT2D eigenvalue weighted by Crippen LogP contribution is 2.20. The first kappa shape index (κ1) is 13.5. The molecule has 1 fully saturated rings. The normalized spacial score (nSPS) is 25.7. The molecule has 1 aliphatic heterocycles. The maximum atomic E-state index is 5.74. The van der Waals surface area contributed by atoms with E-state index in [1.54, 1.807) is 5.57 Å². The summed E-state index contributed by atoms with van der Waals surface area (Å²) in [7, 11) is 2.17. The van der Waals surface area contributed by atoms with Gasteiger partial charge in [0.2, 0.25) is 0 Å². The van der Waals surface area contributed by atoms with Crippen molar-refractivity contribution in [3.63, 3.8) is 0 Å². The van der Waals surface area contributed by atoms with Gasteiger partial charge >= 0.3 is 0 Å². The van der Waals surface area contributed by atoms with Gasteiger partial charge in [-0.3, -0.25) is 0 Å². The number of rotatable bonds is 2. The molecule has 0 aromatic carbocycles. The Balaban J connectivity index is 0.000000606. The molecule has 1 saturated heterocycles. The summed E-state index contributed by atoms with van der Waals surface area (Å²) in [6.45, 7) is 7.06. The van der Waals surface area contributed by atoms with Gasteiger partial charge < -0.3 is 9.64 Å². The first-order valence-corrected chi connectivity index (χ1v) is 6.49. The first-order chi connectivity index (χ1) is 7.84. The van der Waals surface area contributed by atoms with Crippen LogP contribution in [0.15, 0.2) is 23.8 Å². The lowest BCUT2D eigenvalue weighted by Gasteiger charge is -2.30. The Hall–Kier alpha value is -0.600. The third-order valence-electron chi connectivity index (χ3n) is 2.93. The van der Waals surface area contributed by atoms with E-state index in [0.29, 0.717) is 6.10 Å². The van der Waals surface area contributed by atoms with E-state index in [2.05, 4.69) is 30.2 Å². The van der Waals surface area contributed by atoms with Crippen molar-refractivity contribution in [3.8, 4) is 0 Å². The van der Waals surface area contributed by atoms with Gasteiger partial charge in [0, 0.05) is 13.1 Å². The minimum atomic E-state index is 0.423. The highest BCUT2D eigenvalue weighted by atomic mass is 16.5. The number of likely N-dealkylation sites (N-methyl/N-ethyl adjacent to an activating group) is 1. The molecule has 16 heavy (non-hydrogen) atoms. The van der Waals surface area contributed by atoms with E-state index in [9.17, 15) is 0 Å². The average Bonchev–Trinajstić information content (AvgIpc) is 2.33. The van der Waals surface area contributed by atoms with E-state index >= 15 is 0 Å². The van der Waals surface area contributed by atoms with E-state index in [-0.39, 0.29) is 0 Å². The van der Waals surface area contributed by atoms with Gasteiger partial charge in [0.05, 0.1) is 12.7 Å². The van der Waals surface area contributed by atoms with Gasteiger partial charge in [-0.05, 0) is 26.3 Å². The van der Waals surface area contributed by atoms with Crippen LogP contribution in [0.5, 0.6) is 0 Å². The maximum Gasteiger partial charge on any atom is 0.0739 e. The summed E-state index contributed by atoms with van der Waals surface area (Å²) in [6.07, 6.45) is 10.6. The number of hydrogen-bond donors (Lipinski definition) is 0. The SMILES string of the molecule is CC.CN1CCOC(CC2=CC=CCC2)C1. The minimum absolute atomic E-state index is 0.423. The van der Waals surface area contributed by atoms with Crippen molar-refractivity contribution in [1.29, 1.82) is 0 Å². The van der Waals surface area contributed by atoms with Crippen molar-refractivity contribution < 1.29 is 4.74 Å². The van der Waals surface area contributed by atoms with Crippen LogP contribution in [0.3, 0.4) is 0 Å². The molecular formula is C14H25NO. The predicted molar refractivity (Wildman–Crippen MR) is 69.7 cm³/mol. The molecule has 92 valence electrons. The van der Waals surface area contributed by atoms with Gasteiger partial charge in [-0.25, -0.2) is 0 Å². The third-order valence-corrected chi connectivity index (χ3v) is 2.93. The largest absolute Gasteiger partial charge is 0.375 e. The molecule has 0 N–H and O–H groups in total. The van der Waals surface area contributed by atoms with Crippen LogP contribution in [0, 0.1) is 0 Å². The van der Waals surface area contributed by atoms with E-state index < -0.39 is 0 Å². The Kier molecular flexibility index (Phi) is 6.43. The molecular weight excluding hydrogens is 198 g/mol. The van der Waals surface area contributed by atoms with Crippen molar-refractivity contribution in [2.24, 2.45) is 0 Å². The fourth-order valence-electron chi connectivity index (χ4n) is 2.11. The summed E-state index contributed by atoms with van der Waals surface area (Å²) in [5.41, 5.74) is 1.55. The predicted octanol–water partition coefficient (Wildman–Crippen LogP) is 3.01. The molecule has 0 aromatic heterocycles. The zero-order valence-electron chi connectivity index (χ0n) is 10.9. The van der Waals surface area contributed by atoms with Gasteiger partial charge in [0.1, 0.15) is 0 Å². The first-order valence-electron chi connectivity index (χ1n) is 6.49. The van der Waals surface area contributed by atoms with Crippen molar-refractivity contribution in [3.05, 3.63) is 23.8 Å². The van der Waals surface area contributed by atoms with Gasteiger partial charge in [-0.1, -0.05) is 37.6 Å². The van der Waals surface area contributed by atoms with E-state index in [1.165, 1.54) is 12.8 Å². The van der Waals surface area contributed by atoms with Crippen LogP contribution in [0.1, 0.15) is 33.1 Å². The zero-order chi connectivity index (χ0) is 11.8. The quantitative estimate of drug-likeness (QED) is 0.713. The molecule has 1 aliphatic carbocycles. The molecule has 1 unspecified atom stereocenters. The molecule has 2 heteroatoms. The summed E-state index contributed by atoms with van der Waals surface area (Å²) >= 11 is 0. The van der Waals surface area contributed by atoms with Crippen molar-refractivity contribution in [1.82, 2.24) is 4.90 Å². The molecule has 2 aliphatic rings. The average molecular weight is 223 g/mol. The fraction of sp³-hybridized carbons (Fsp3) is 0.714. The lowest BCUT2D eigenvalue weighted by molar-refractivity contribution is -0.0188. The van der Waals surface area contributed by atoms with Crippen LogP contribution in [0.25, 0.3) is 0 Å². The Bertz CT molecular complexity index is 245. The fourth-order valence-corrected chi connectivity index (χ4v) is 2.11. The Morgan fingerprint density at radius 1 is 1.44 bits per heavy atom. The highest BCUT2D eigenvalue weighted by molar-refractivity contribution is 5.18. The third kappa shape index (κ3) is 4.50. The van der Waals surface area contributed by atoms with Gasteiger partial charge in [-0.15, -0.1) is 0 Å². The molecule has 2 rings (SSSR count). The molecule has 0 aromatic rings. The number of ether oxygens (including phenoxy) is 1. The number of nitrogens with zero attached hydrogens (tertiary/aromatic N) is 1. The second-order valence-electron chi connectivity index (χ2n) is 4.25. The van der Waals surface area contributed by atoms with E-state index in [4.69, 9.17) is 4.74 Å². The van der Waals surface area contributed by atoms with Gasteiger partial charge in [0.15, 0.2) is 0 Å². The molecule has 0 radical (unpaired) electrons. The summed E-state index contributed by atoms with van der Waals surface area (Å²) < 4.78 is 5.74. The molecule has 2 nitrogen and oxygen atoms in total. The van der Waals surface area contributed by atoms with Crippen molar-refractivity contribution >= 4 is 0 Å². The maximum absolute atomic E-state index is 5.74. The second kappa shape index (κ2) is 7.64. The van der Waals surface area contributed by atoms with Crippen LogP contribution in [0.4, 0.5) is 0 Å². The molecule has 1 heterocycles. The van der Waals surface area contributed by atoms with Crippen molar-refractivity contribution in [2.75, 3.05) is 26.7 Å².